The van der Waals surface area contributed by atoms with E-state index < -0.39 is 29.6 Å². The Labute approximate surface area is 231 Å². The molecule has 0 bridgehead atoms. The number of methoxy groups -OCH3 is 1. The van der Waals surface area contributed by atoms with Crippen molar-refractivity contribution in [2.45, 2.75) is 6.92 Å². The predicted molar refractivity (Wildman–Crippen MR) is 144 cm³/mol. The number of nitrogens with one attached hydrogen (secondary N) is 1. The topological polar surface area (TPSA) is 115 Å². The fourth-order valence-electron chi connectivity index (χ4n) is 3.48. The van der Waals surface area contributed by atoms with Crippen LogP contribution in [0.2, 0.25) is 10.0 Å². The summed E-state index contributed by atoms with van der Waals surface area (Å²) in [6.45, 7) is 1.42. The number of esters is 1. The van der Waals surface area contributed by atoms with Gasteiger partial charge in [0.2, 0.25) is 5.91 Å². The first-order valence-corrected chi connectivity index (χ1v) is 12.7. The summed E-state index contributed by atoms with van der Waals surface area (Å²) in [5.74, 6) is -0.603. The molecule has 196 valence electrons. The second-order valence-corrected chi connectivity index (χ2v) is 9.59. The number of imide groups is 1. The number of rotatable bonds is 8. The van der Waals surface area contributed by atoms with E-state index in [0.29, 0.717) is 45.3 Å². The summed E-state index contributed by atoms with van der Waals surface area (Å²) in [6, 6.07) is 12.7. The average molecular weight is 575 g/mol. The summed E-state index contributed by atoms with van der Waals surface area (Å²) in [7, 11) is 1.47. The van der Waals surface area contributed by atoms with Crippen LogP contribution in [0.25, 0.3) is 17.4 Å². The number of hydrogen-bond acceptors (Lipinski definition) is 8. The van der Waals surface area contributed by atoms with E-state index in [1.807, 2.05) is 0 Å². The Morgan fingerprint density at radius 3 is 2.58 bits per heavy atom. The molecular formula is C26H20Cl2N2O7S. The number of carbonyl (C=O) groups excluding carboxylic acids is 4. The Kier molecular flexibility index (Phi) is 8.45. The van der Waals surface area contributed by atoms with Crippen molar-refractivity contribution in [1.29, 1.82) is 0 Å². The third-order valence-electron chi connectivity index (χ3n) is 5.26. The quantitative estimate of drug-likeness (QED) is 0.253. The molecule has 1 fully saturated rings. The number of benzene rings is 2. The molecule has 3 aromatic rings. The Balaban J connectivity index is 1.45. The molecule has 4 rings (SSSR count). The van der Waals surface area contributed by atoms with Gasteiger partial charge in [0.25, 0.3) is 11.1 Å². The molecule has 2 heterocycles. The van der Waals surface area contributed by atoms with Gasteiger partial charge in [-0.1, -0.05) is 23.2 Å². The minimum Gasteiger partial charge on any atom is -0.495 e. The van der Waals surface area contributed by atoms with Gasteiger partial charge in [-0.15, -0.1) is 0 Å². The molecule has 0 spiro atoms. The zero-order valence-corrected chi connectivity index (χ0v) is 22.4. The molecule has 1 aliphatic heterocycles. The molecule has 0 unspecified atom stereocenters. The van der Waals surface area contributed by atoms with E-state index in [4.69, 9.17) is 37.1 Å². The van der Waals surface area contributed by atoms with E-state index in [0.717, 1.165) is 4.90 Å². The summed E-state index contributed by atoms with van der Waals surface area (Å²) in [5, 5.41) is 2.55. The number of ether oxygens (including phenoxy) is 2. The van der Waals surface area contributed by atoms with Crippen molar-refractivity contribution in [3.63, 3.8) is 0 Å². The average Bonchev–Trinajstić information content (AvgIpc) is 3.45. The first-order chi connectivity index (χ1) is 18.2. The molecule has 12 heteroatoms. The third kappa shape index (κ3) is 6.04. The molecule has 3 amide bonds. The standard InChI is InChI=1S/C26H20Cl2N2O7S/c1-3-36-25(33)17-10-14(4-7-18(17)27)20-9-6-16(37-20)12-22-24(32)30(26(34)38-22)13-23(31)29-15-5-8-21(35-2)19(28)11-15/h4-12H,3,13H2,1-2H3,(H,29,31)/b22-12+. The molecule has 0 atom stereocenters. The lowest BCUT2D eigenvalue weighted by Crippen LogP contribution is -2.36. The molecule has 0 saturated carbocycles. The van der Waals surface area contributed by atoms with E-state index in [-0.39, 0.29) is 22.1 Å². The van der Waals surface area contributed by atoms with Gasteiger partial charge in [-0.25, -0.2) is 4.79 Å². The Morgan fingerprint density at radius 1 is 1.08 bits per heavy atom. The first kappa shape index (κ1) is 27.3. The number of nitrogens with zero attached hydrogens (tertiary/aromatic N) is 1. The summed E-state index contributed by atoms with van der Waals surface area (Å²) in [6.07, 6.45) is 1.41. The SMILES string of the molecule is CCOC(=O)c1cc(-c2ccc(/C=C3/SC(=O)N(CC(=O)Nc4ccc(OC)c(Cl)c4)C3=O)o2)ccc1Cl. The van der Waals surface area contributed by atoms with Gasteiger partial charge in [0.15, 0.2) is 0 Å². The maximum absolute atomic E-state index is 12.8. The van der Waals surface area contributed by atoms with Crippen LogP contribution < -0.4 is 10.1 Å². The Bertz CT molecular complexity index is 1470. The molecule has 0 radical (unpaired) electrons. The van der Waals surface area contributed by atoms with E-state index in [2.05, 4.69) is 5.32 Å². The fraction of sp³-hybridized carbons (Fsp3) is 0.154. The number of carbonyl (C=O) groups is 4. The summed E-state index contributed by atoms with van der Waals surface area (Å²) in [4.78, 5) is 50.8. The molecule has 2 aromatic carbocycles. The lowest BCUT2D eigenvalue weighted by molar-refractivity contribution is -0.127. The molecule has 38 heavy (non-hydrogen) atoms. The van der Waals surface area contributed by atoms with Gasteiger partial charge in [0, 0.05) is 17.3 Å². The Hall–Kier alpha value is -3.73. The molecule has 0 aliphatic carbocycles. The van der Waals surface area contributed by atoms with Crippen LogP contribution in [0.3, 0.4) is 0 Å². The van der Waals surface area contributed by atoms with Crippen LogP contribution >= 0.6 is 35.0 Å². The van der Waals surface area contributed by atoms with Crippen molar-refractivity contribution < 1.29 is 33.1 Å². The van der Waals surface area contributed by atoms with Crippen molar-refractivity contribution in [2.24, 2.45) is 0 Å². The number of amides is 3. The van der Waals surface area contributed by atoms with Crippen LogP contribution in [0.15, 0.2) is 57.9 Å². The molecular weight excluding hydrogens is 555 g/mol. The number of hydrogen-bond donors (Lipinski definition) is 1. The van der Waals surface area contributed by atoms with Crippen molar-refractivity contribution >= 4 is 69.8 Å². The number of halogens is 2. The largest absolute Gasteiger partial charge is 0.495 e. The Morgan fingerprint density at radius 2 is 1.87 bits per heavy atom. The molecule has 1 aromatic heterocycles. The zero-order valence-electron chi connectivity index (χ0n) is 20.1. The number of anilines is 1. The maximum atomic E-state index is 12.8. The van der Waals surface area contributed by atoms with E-state index in [1.54, 1.807) is 49.4 Å². The minimum absolute atomic E-state index is 0.0968. The third-order valence-corrected chi connectivity index (χ3v) is 6.79. The van der Waals surface area contributed by atoms with Crippen LogP contribution in [-0.4, -0.2) is 48.2 Å². The maximum Gasteiger partial charge on any atom is 0.339 e. The van der Waals surface area contributed by atoms with Gasteiger partial charge in [-0.3, -0.25) is 19.3 Å². The lowest BCUT2D eigenvalue weighted by Gasteiger charge is -2.13. The molecule has 9 nitrogen and oxygen atoms in total. The summed E-state index contributed by atoms with van der Waals surface area (Å²) in [5.41, 5.74) is 1.15. The van der Waals surface area contributed by atoms with Gasteiger partial charge < -0.3 is 19.2 Å². The second-order valence-electron chi connectivity index (χ2n) is 7.78. The molecule has 1 aliphatic rings. The first-order valence-electron chi connectivity index (χ1n) is 11.2. The minimum atomic E-state index is -0.628. The second kappa shape index (κ2) is 11.8. The number of thioether (sulfide) groups is 1. The van der Waals surface area contributed by atoms with Crippen LogP contribution in [0.1, 0.15) is 23.0 Å². The highest BCUT2D eigenvalue weighted by Gasteiger charge is 2.36. The van der Waals surface area contributed by atoms with Crippen LogP contribution in [0.4, 0.5) is 10.5 Å². The van der Waals surface area contributed by atoms with Gasteiger partial charge in [0.1, 0.15) is 23.8 Å². The molecule has 1 saturated heterocycles. The van der Waals surface area contributed by atoms with Crippen molar-refractivity contribution in [2.75, 3.05) is 25.6 Å². The van der Waals surface area contributed by atoms with Crippen molar-refractivity contribution in [3.8, 4) is 17.1 Å². The van der Waals surface area contributed by atoms with Gasteiger partial charge in [-0.2, -0.15) is 0 Å². The monoisotopic (exact) mass is 574 g/mol. The molecule has 1 N–H and O–H groups in total. The summed E-state index contributed by atoms with van der Waals surface area (Å²) < 4.78 is 15.9. The summed E-state index contributed by atoms with van der Waals surface area (Å²) >= 11 is 12.9. The zero-order chi connectivity index (χ0) is 27.4. The highest BCUT2D eigenvalue weighted by Crippen LogP contribution is 2.34. The highest BCUT2D eigenvalue weighted by molar-refractivity contribution is 8.18. The van der Waals surface area contributed by atoms with E-state index in [9.17, 15) is 19.2 Å². The van der Waals surface area contributed by atoms with Crippen LogP contribution in [0, 0.1) is 0 Å². The normalized spacial score (nSPS) is 14.2. The smallest absolute Gasteiger partial charge is 0.339 e. The van der Waals surface area contributed by atoms with Gasteiger partial charge in [-0.05, 0) is 67.2 Å². The van der Waals surface area contributed by atoms with Crippen molar-refractivity contribution in [3.05, 3.63) is 74.8 Å². The van der Waals surface area contributed by atoms with Crippen LogP contribution in [0.5, 0.6) is 5.75 Å². The van der Waals surface area contributed by atoms with Gasteiger partial charge >= 0.3 is 5.97 Å². The highest BCUT2D eigenvalue weighted by atomic mass is 35.5. The lowest BCUT2D eigenvalue weighted by atomic mass is 10.1. The predicted octanol–water partition coefficient (Wildman–Crippen LogP) is 6.11. The van der Waals surface area contributed by atoms with Gasteiger partial charge in [0.05, 0.1) is 34.2 Å². The van der Waals surface area contributed by atoms with Crippen molar-refractivity contribution in [1.82, 2.24) is 4.90 Å². The van der Waals surface area contributed by atoms with E-state index in [1.165, 1.54) is 19.3 Å². The van der Waals surface area contributed by atoms with E-state index >= 15 is 0 Å². The van der Waals surface area contributed by atoms with Crippen LogP contribution in [-0.2, 0) is 14.3 Å². The number of furan rings is 1. The fourth-order valence-corrected chi connectivity index (χ4v) is 4.75.